The number of imidazole rings is 1. The lowest BCUT2D eigenvalue weighted by Gasteiger charge is -2.33. The molecule has 0 unspecified atom stereocenters. The van der Waals surface area contributed by atoms with Gasteiger partial charge in [-0.05, 0) is 70.6 Å². The topological polar surface area (TPSA) is 137 Å². The standard InChI is InChI=1S/C30H32ClN7O4/c1-16-4-5-24(17(2)10-16)42-14-19(39)13-32-27-25(26(31)33-15-34-27)28-35-22-11-20-21(12-23(22)36-28)30(41)38(29(20)40)18-6-8-37(3)9-7-18/h4-5,10-12,15,18-19,39H,6-9,13-14H2,1-3H3,(H,35,36)(H,32,33,34)/t19-/m1/s1. The molecule has 218 valence electrons. The van der Waals surface area contributed by atoms with E-state index in [0.29, 0.717) is 45.1 Å². The molecule has 6 rings (SSSR count). The summed E-state index contributed by atoms with van der Waals surface area (Å²) < 4.78 is 5.80. The molecule has 3 N–H and O–H groups in total. The average molecular weight is 590 g/mol. The normalized spacial score (nSPS) is 16.7. The van der Waals surface area contributed by atoms with Gasteiger partial charge in [0.2, 0.25) is 0 Å². The number of halogens is 1. The number of aliphatic hydroxyl groups is 1. The predicted octanol–water partition coefficient (Wildman–Crippen LogP) is 3.83. The van der Waals surface area contributed by atoms with Crippen molar-refractivity contribution >= 4 is 40.3 Å². The first-order valence-electron chi connectivity index (χ1n) is 13.9. The second-order valence-corrected chi connectivity index (χ2v) is 11.4. The van der Waals surface area contributed by atoms with Crippen LogP contribution in [0, 0.1) is 13.8 Å². The largest absolute Gasteiger partial charge is 0.491 e. The van der Waals surface area contributed by atoms with Gasteiger partial charge in [-0.3, -0.25) is 14.5 Å². The number of carbonyl (C=O) groups excluding carboxylic acids is 2. The summed E-state index contributed by atoms with van der Waals surface area (Å²) in [5.74, 6) is 0.896. The van der Waals surface area contributed by atoms with Crippen molar-refractivity contribution in [2.75, 3.05) is 38.6 Å². The molecule has 0 saturated carbocycles. The molecule has 2 aliphatic heterocycles. The maximum absolute atomic E-state index is 13.3. The first-order valence-corrected chi connectivity index (χ1v) is 14.3. The number of aromatic amines is 1. The van der Waals surface area contributed by atoms with Gasteiger partial charge in [0, 0.05) is 12.6 Å². The van der Waals surface area contributed by atoms with Gasteiger partial charge in [-0.2, -0.15) is 0 Å². The number of amides is 2. The van der Waals surface area contributed by atoms with Crippen LogP contribution in [0.4, 0.5) is 5.82 Å². The Morgan fingerprint density at radius 3 is 2.60 bits per heavy atom. The number of hydrogen-bond donors (Lipinski definition) is 3. The Labute approximate surface area is 247 Å². The highest BCUT2D eigenvalue weighted by Crippen LogP contribution is 2.35. The molecule has 4 aromatic rings. The zero-order valence-electron chi connectivity index (χ0n) is 23.6. The van der Waals surface area contributed by atoms with E-state index in [0.717, 1.165) is 37.1 Å². The third kappa shape index (κ3) is 5.31. The molecular formula is C30H32ClN7O4. The van der Waals surface area contributed by atoms with Gasteiger partial charge in [0.15, 0.2) is 0 Å². The lowest BCUT2D eigenvalue weighted by Crippen LogP contribution is -2.46. The van der Waals surface area contributed by atoms with Gasteiger partial charge in [-0.25, -0.2) is 15.0 Å². The van der Waals surface area contributed by atoms with Gasteiger partial charge in [-0.1, -0.05) is 29.3 Å². The number of nitrogens with zero attached hydrogens (tertiary/aromatic N) is 5. The fraction of sp³-hybridized carbons (Fsp3) is 0.367. The van der Waals surface area contributed by atoms with Crippen molar-refractivity contribution in [2.45, 2.75) is 38.8 Å². The zero-order chi connectivity index (χ0) is 29.5. The van der Waals surface area contributed by atoms with Gasteiger partial charge in [0.1, 0.15) is 41.6 Å². The van der Waals surface area contributed by atoms with Crippen molar-refractivity contribution in [3.63, 3.8) is 0 Å². The number of hydrogen-bond acceptors (Lipinski definition) is 9. The molecule has 11 nitrogen and oxygen atoms in total. The number of H-pyrrole nitrogens is 1. The van der Waals surface area contributed by atoms with E-state index in [1.165, 1.54) is 11.2 Å². The fourth-order valence-electron chi connectivity index (χ4n) is 5.59. The number of carbonyl (C=O) groups is 2. The molecule has 0 radical (unpaired) electrons. The van der Waals surface area contributed by atoms with Crippen molar-refractivity contribution in [3.8, 4) is 17.1 Å². The summed E-state index contributed by atoms with van der Waals surface area (Å²) in [4.78, 5) is 46.6. The molecule has 1 saturated heterocycles. The van der Waals surface area contributed by atoms with Gasteiger partial charge in [0.05, 0.1) is 27.7 Å². The molecule has 12 heteroatoms. The van der Waals surface area contributed by atoms with Crippen molar-refractivity contribution in [3.05, 3.63) is 64.1 Å². The molecule has 2 aliphatic rings. The number of anilines is 1. The lowest BCUT2D eigenvalue weighted by atomic mass is 10.0. The third-order valence-electron chi connectivity index (χ3n) is 7.88. The monoisotopic (exact) mass is 589 g/mol. The number of benzene rings is 2. The molecule has 0 aliphatic carbocycles. The molecule has 2 amide bonds. The van der Waals surface area contributed by atoms with E-state index in [9.17, 15) is 14.7 Å². The number of aryl methyl sites for hydroxylation is 2. The Kier molecular flexibility index (Phi) is 7.56. The Morgan fingerprint density at radius 1 is 1.12 bits per heavy atom. The summed E-state index contributed by atoms with van der Waals surface area (Å²) in [6, 6.07) is 9.09. The smallest absolute Gasteiger partial charge is 0.261 e. The molecular weight excluding hydrogens is 558 g/mol. The van der Waals surface area contributed by atoms with Crippen LogP contribution in [0.25, 0.3) is 22.4 Å². The number of nitrogens with one attached hydrogen (secondary N) is 2. The van der Waals surface area contributed by atoms with Gasteiger partial charge >= 0.3 is 0 Å². The van der Waals surface area contributed by atoms with E-state index in [1.54, 1.807) is 12.1 Å². The highest BCUT2D eigenvalue weighted by atomic mass is 35.5. The SMILES string of the molecule is Cc1ccc(OC[C@H](O)CNc2ncnc(Cl)c2-c2nc3cc4c(cc3[nH]2)C(=O)N(C2CCN(C)CC2)C4=O)c(C)c1. The maximum Gasteiger partial charge on any atom is 0.261 e. The first-order chi connectivity index (χ1) is 20.2. The van der Waals surface area contributed by atoms with Crippen LogP contribution in [0.5, 0.6) is 5.75 Å². The van der Waals surface area contributed by atoms with Crippen LogP contribution in [0.2, 0.25) is 5.15 Å². The highest BCUT2D eigenvalue weighted by Gasteiger charge is 2.41. The minimum absolute atomic E-state index is 0.0812. The molecule has 2 aromatic carbocycles. The fourth-order valence-corrected chi connectivity index (χ4v) is 5.82. The predicted molar refractivity (Wildman–Crippen MR) is 159 cm³/mol. The van der Waals surface area contributed by atoms with E-state index in [-0.39, 0.29) is 36.2 Å². The van der Waals surface area contributed by atoms with Crippen molar-refractivity contribution in [2.24, 2.45) is 0 Å². The van der Waals surface area contributed by atoms with Gasteiger partial charge in [0.25, 0.3) is 11.8 Å². The van der Waals surface area contributed by atoms with Crippen molar-refractivity contribution < 1.29 is 19.4 Å². The third-order valence-corrected chi connectivity index (χ3v) is 8.16. The maximum atomic E-state index is 13.3. The molecule has 1 atom stereocenters. The average Bonchev–Trinajstić information content (AvgIpc) is 3.48. The summed E-state index contributed by atoms with van der Waals surface area (Å²) in [5, 5.41) is 13.8. The lowest BCUT2D eigenvalue weighted by molar-refractivity contribution is 0.0516. The number of rotatable bonds is 8. The Morgan fingerprint density at radius 2 is 1.86 bits per heavy atom. The number of aromatic nitrogens is 4. The minimum Gasteiger partial charge on any atom is -0.491 e. The molecule has 1 fully saturated rings. The molecule has 4 heterocycles. The summed E-state index contributed by atoms with van der Waals surface area (Å²) >= 11 is 6.48. The number of ether oxygens (including phenoxy) is 1. The van der Waals surface area contributed by atoms with Crippen LogP contribution in [-0.2, 0) is 0 Å². The van der Waals surface area contributed by atoms with Crippen LogP contribution < -0.4 is 10.1 Å². The number of imide groups is 1. The van der Waals surface area contributed by atoms with Crippen LogP contribution >= 0.6 is 11.6 Å². The second kappa shape index (κ2) is 11.3. The van der Waals surface area contributed by atoms with E-state index < -0.39 is 6.10 Å². The van der Waals surface area contributed by atoms with Crippen LogP contribution in [0.15, 0.2) is 36.7 Å². The van der Waals surface area contributed by atoms with E-state index in [1.807, 2.05) is 39.1 Å². The minimum atomic E-state index is -0.838. The van der Waals surface area contributed by atoms with E-state index in [4.69, 9.17) is 16.3 Å². The van der Waals surface area contributed by atoms with Gasteiger partial charge < -0.3 is 25.0 Å². The quantitative estimate of drug-likeness (QED) is 0.207. The highest BCUT2D eigenvalue weighted by molar-refractivity contribution is 6.32. The van der Waals surface area contributed by atoms with E-state index >= 15 is 0 Å². The summed E-state index contributed by atoms with van der Waals surface area (Å²) in [6.07, 6.45) is 2.00. The second-order valence-electron chi connectivity index (χ2n) is 11.0. The number of likely N-dealkylation sites (tertiary alicyclic amines) is 1. The summed E-state index contributed by atoms with van der Waals surface area (Å²) in [6.45, 7) is 5.88. The Hall–Kier alpha value is -4.06. The number of fused-ring (bicyclic) bond motifs is 2. The number of piperidine rings is 1. The molecule has 0 bridgehead atoms. The molecule has 2 aromatic heterocycles. The van der Waals surface area contributed by atoms with Crippen LogP contribution in [0.3, 0.4) is 0 Å². The number of aliphatic hydroxyl groups excluding tert-OH is 1. The van der Waals surface area contributed by atoms with Crippen molar-refractivity contribution in [1.29, 1.82) is 0 Å². The van der Waals surface area contributed by atoms with E-state index in [2.05, 4.69) is 30.2 Å². The van der Waals surface area contributed by atoms with Crippen molar-refractivity contribution in [1.82, 2.24) is 29.7 Å². The molecule has 42 heavy (non-hydrogen) atoms. The summed E-state index contributed by atoms with van der Waals surface area (Å²) in [7, 11) is 2.04. The Balaban J connectivity index is 1.20. The van der Waals surface area contributed by atoms with Crippen LogP contribution in [0.1, 0.15) is 44.7 Å². The first kappa shape index (κ1) is 28.1. The molecule has 0 spiro atoms. The Bertz CT molecular complexity index is 1630. The van der Waals surface area contributed by atoms with Crippen LogP contribution in [-0.4, -0.2) is 92.1 Å². The van der Waals surface area contributed by atoms with Gasteiger partial charge in [-0.15, -0.1) is 0 Å². The zero-order valence-corrected chi connectivity index (χ0v) is 24.4. The summed E-state index contributed by atoms with van der Waals surface area (Å²) in [5.41, 5.74) is 4.36.